The largest absolute Gasteiger partial charge is 0.322 e. The molecule has 2 aromatic carbocycles. The summed E-state index contributed by atoms with van der Waals surface area (Å²) in [4.78, 5) is 13.3. The molecule has 0 saturated carbocycles. The minimum atomic E-state index is -3.40. The fourth-order valence-electron chi connectivity index (χ4n) is 3.19. The highest BCUT2D eigenvalue weighted by atomic mass is 79.9. The third-order valence-corrected chi connectivity index (χ3v) is 8.80. The Morgan fingerprint density at radius 3 is 2.24 bits per heavy atom. The maximum absolute atomic E-state index is 12.7. The minimum absolute atomic E-state index is 0.192. The highest BCUT2D eigenvalue weighted by Gasteiger charge is 2.28. The number of anilines is 1. The number of benzene rings is 2. The summed E-state index contributed by atoms with van der Waals surface area (Å²) in [5.41, 5.74) is 2.15. The predicted octanol–water partition coefficient (Wildman–Crippen LogP) is 5.21. The number of carbonyl (C=O) groups excluding carboxylic acids is 1. The van der Waals surface area contributed by atoms with Gasteiger partial charge in [0.2, 0.25) is 0 Å². The molecular formula is C21H19BrN2O3S2. The first-order valence-corrected chi connectivity index (χ1v) is 12.3. The number of sulfonamides is 1. The van der Waals surface area contributed by atoms with Crippen molar-refractivity contribution in [2.75, 3.05) is 18.4 Å². The number of hydrogen-bond acceptors (Lipinski definition) is 4. The lowest BCUT2D eigenvalue weighted by Crippen LogP contribution is -2.27. The molecular weight excluding hydrogens is 472 g/mol. The summed E-state index contributed by atoms with van der Waals surface area (Å²) in [5.74, 6) is -0.192. The van der Waals surface area contributed by atoms with E-state index >= 15 is 0 Å². The molecule has 0 atom stereocenters. The third kappa shape index (κ3) is 4.45. The van der Waals surface area contributed by atoms with E-state index in [9.17, 15) is 13.2 Å². The molecule has 0 unspecified atom stereocenters. The van der Waals surface area contributed by atoms with E-state index in [-0.39, 0.29) is 5.91 Å². The second kappa shape index (κ2) is 8.39. The first kappa shape index (κ1) is 20.3. The minimum Gasteiger partial charge on any atom is -0.322 e. The van der Waals surface area contributed by atoms with Crippen molar-refractivity contribution >= 4 is 48.9 Å². The molecule has 1 fully saturated rings. The van der Waals surface area contributed by atoms with Crippen LogP contribution in [-0.4, -0.2) is 31.7 Å². The topological polar surface area (TPSA) is 66.5 Å². The van der Waals surface area contributed by atoms with Gasteiger partial charge in [0.25, 0.3) is 15.9 Å². The average molecular weight is 491 g/mol. The molecule has 0 bridgehead atoms. The van der Waals surface area contributed by atoms with Gasteiger partial charge < -0.3 is 5.32 Å². The molecule has 5 nitrogen and oxygen atoms in total. The number of rotatable bonds is 5. The quantitative estimate of drug-likeness (QED) is 0.533. The standard InChI is InChI=1S/C21H19BrN2O3S2/c22-17-7-9-18(10-8-17)23-21(25)16-5-3-15(4-6-16)19-11-12-20(28-19)29(26,27)24-13-1-2-14-24/h3-12H,1-2,13-14H2,(H,23,25). The van der Waals surface area contributed by atoms with Crippen LogP contribution in [0, 0.1) is 0 Å². The van der Waals surface area contributed by atoms with E-state index in [4.69, 9.17) is 0 Å². The molecule has 1 amide bonds. The molecule has 0 spiro atoms. The van der Waals surface area contributed by atoms with Crippen LogP contribution in [0.4, 0.5) is 5.69 Å². The van der Waals surface area contributed by atoms with Gasteiger partial charge in [-0.15, -0.1) is 11.3 Å². The smallest absolute Gasteiger partial charge is 0.255 e. The van der Waals surface area contributed by atoms with Gasteiger partial charge in [0.15, 0.2) is 0 Å². The van der Waals surface area contributed by atoms with E-state index in [1.165, 1.54) is 11.3 Å². The first-order valence-electron chi connectivity index (χ1n) is 9.21. The van der Waals surface area contributed by atoms with Gasteiger partial charge in [-0.05, 0) is 66.9 Å². The molecule has 8 heteroatoms. The fraction of sp³-hybridized carbons (Fsp3) is 0.190. The Bertz CT molecular complexity index is 1120. The van der Waals surface area contributed by atoms with Crippen molar-refractivity contribution in [2.24, 2.45) is 0 Å². The van der Waals surface area contributed by atoms with Crippen LogP contribution in [-0.2, 0) is 10.0 Å². The van der Waals surface area contributed by atoms with Crippen molar-refractivity contribution in [3.63, 3.8) is 0 Å². The predicted molar refractivity (Wildman–Crippen MR) is 120 cm³/mol. The van der Waals surface area contributed by atoms with Crippen molar-refractivity contribution in [3.8, 4) is 10.4 Å². The zero-order chi connectivity index (χ0) is 20.4. The molecule has 0 radical (unpaired) electrons. The molecule has 1 N–H and O–H groups in total. The number of halogens is 1. The molecule has 1 aromatic heterocycles. The van der Waals surface area contributed by atoms with Gasteiger partial charge in [-0.3, -0.25) is 4.79 Å². The maximum Gasteiger partial charge on any atom is 0.255 e. The third-order valence-electron chi connectivity index (χ3n) is 4.77. The number of hydrogen-bond donors (Lipinski definition) is 1. The lowest BCUT2D eigenvalue weighted by atomic mass is 10.1. The Balaban J connectivity index is 1.49. The number of nitrogens with one attached hydrogen (secondary N) is 1. The summed E-state index contributed by atoms with van der Waals surface area (Å²) in [6, 6.07) is 18.0. The highest BCUT2D eigenvalue weighted by Crippen LogP contribution is 2.33. The van der Waals surface area contributed by atoms with Gasteiger partial charge in [-0.25, -0.2) is 8.42 Å². The summed E-state index contributed by atoms with van der Waals surface area (Å²) in [7, 11) is -3.40. The van der Waals surface area contributed by atoms with Crippen LogP contribution in [0.1, 0.15) is 23.2 Å². The Kier molecular flexibility index (Phi) is 5.87. The molecule has 1 aliphatic rings. The molecule has 1 saturated heterocycles. The number of carbonyl (C=O) groups is 1. The van der Waals surface area contributed by atoms with Gasteiger partial charge in [-0.2, -0.15) is 4.31 Å². The van der Waals surface area contributed by atoms with Crippen LogP contribution in [0.3, 0.4) is 0 Å². The Morgan fingerprint density at radius 2 is 1.59 bits per heavy atom. The van der Waals surface area contributed by atoms with E-state index in [1.54, 1.807) is 22.5 Å². The molecule has 2 heterocycles. The van der Waals surface area contributed by atoms with Crippen LogP contribution < -0.4 is 5.32 Å². The Labute approximate surface area is 182 Å². The number of thiophene rings is 1. The lowest BCUT2D eigenvalue weighted by Gasteiger charge is -2.13. The average Bonchev–Trinajstić information content (AvgIpc) is 3.43. The van der Waals surface area contributed by atoms with E-state index in [1.807, 2.05) is 42.5 Å². The molecule has 3 aromatic rings. The van der Waals surface area contributed by atoms with E-state index < -0.39 is 10.0 Å². The van der Waals surface area contributed by atoms with Crippen molar-refractivity contribution in [1.29, 1.82) is 0 Å². The van der Waals surface area contributed by atoms with Gasteiger partial charge in [0.1, 0.15) is 4.21 Å². The SMILES string of the molecule is O=C(Nc1ccc(Br)cc1)c1ccc(-c2ccc(S(=O)(=O)N3CCCC3)s2)cc1. The van der Waals surface area contributed by atoms with Crippen molar-refractivity contribution < 1.29 is 13.2 Å². The van der Waals surface area contributed by atoms with Crippen molar-refractivity contribution in [1.82, 2.24) is 4.31 Å². The Hall–Kier alpha value is -2.00. The summed E-state index contributed by atoms with van der Waals surface area (Å²) in [5, 5.41) is 2.86. The van der Waals surface area contributed by atoms with Gasteiger partial charge >= 0.3 is 0 Å². The lowest BCUT2D eigenvalue weighted by molar-refractivity contribution is 0.102. The fourth-order valence-corrected chi connectivity index (χ4v) is 6.44. The van der Waals surface area contributed by atoms with E-state index in [0.717, 1.165) is 33.4 Å². The van der Waals surface area contributed by atoms with Gasteiger partial charge in [0, 0.05) is 33.7 Å². The second-order valence-electron chi connectivity index (χ2n) is 6.77. The van der Waals surface area contributed by atoms with Crippen LogP contribution >= 0.6 is 27.3 Å². The van der Waals surface area contributed by atoms with Crippen LogP contribution in [0.15, 0.2) is 69.3 Å². The zero-order valence-corrected chi connectivity index (χ0v) is 18.7. The molecule has 4 rings (SSSR count). The number of amides is 1. The maximum atomic E-state index is 12.7. The summed E-state index contributed by atoms with van der Waals surface area (Å²) < 4.78 is 28.3. The molecule has 150 valence electrons. The molecule has 1 aliphatic heterocycles. The summed E-state index contributed by atoms with van der Waals surface area (Å²) in [6.07, 6.45) is 1.84. The normalized spacial score (nSPS) is 14.8. The van der Waals surface area contributed by atoms with Crippen LogP contribution in [0.5, 0.6) is 0 Å². The van der Waals surface area contributed by atoms with Crippen molar-refractivity contribution in [2.45, 2.75) is 17.1 Å². The first-order chi connectivity index (χ1) is 13.9. The summed E-state index contributed by atoms with van der Waals surface area (Å²) >= 11 is 4.63. The monoisotopic (exact) mass is 490 g/mol. The molecule has 29 heavy (non-hydrogen) atoms. The van der Waals surface area contributed by atoms with Crippen LogP contribution in [0.2, 0.25) is 0 Å². The van der Waals surface area contributed by atoms with E-state index in [0.29, 0.717) is 22.9 Å². The number of nitrogens with zero attached hydrogens (tertiary/aromatic N) is 1. The highest BCUT2D eigenvalue weighted by molar-refractivity contribution is 9.10. The summed E-state index contributed by atoms with van der Waals surface area (Å²) in [6.45, 7) is 1.19. The van der Waals surface area contributed by atoms with E-state index in [2.05, 4.69) is 21.2 Å². The second-order valence-corrected chi connectivity index (χ2v) is 10.9. The van der Waals surface area contributed by atoms with Gasteiger partial charge in [-0.1, -0.05) is 28.1 Å². The van der Waals surface area contributed by atoms with Crippen molar-refractivity contribution in [3.05, 3.63) is 70.7 Å². The Morgan fingerprint density at radius 1 is 0.931 bits per heavy atom. The molecule has 0 aliphatic carbocycles. The van der Waals surface area contributed by atoms with Gasteiger partial charge in [0.05, 0.1) is 0 Å². The van der Waals surface area contributed by atoms with Crippen LogP contribution in [0.25, 0.3) is 10.4 Å². The zero-order valence-electron chi connectivity index (χ0n) is 15.5.